The Hall–Kier alpha value is -2.95. The summed E-state index contributed by atoms with van der Waals surface area (Å²) in [4.78, 5) is 15.3. The fourth-order valence-electron chi connectivity index (χ4n) is 5.63. The van der Waals surface area contributed by atoms with Gasteiger partial charge in [0.05, 0.1) is 12.1 Å². The van der Waals surface area contributed by atoms with E-state index in [0.717, 1.165) is 37.1 Å². The molecule has 0 radical (unpaired) electrons. The van der Waals surface area contributed by atoms with Crippen LogP contribution in [0.4, 0.5) is 0 Å². The molecule has 2 aliphatic rings. The van der Waals surface area contributed by atoms with Gasteiger partial charge in [0.25, 0.3) is 0 Å². The number of nitrogens with zero attached hydrogens (tertiary/aromatic N) is 1. The number of benzene rings is 3. The minimum Gasteiger partial charge on any atom is -0.508 e. The predicted octanol–water partition coefficient (Wildman–Crippen LogP) is 4.56. The Labute approximate surface area is 189 Å². The van der Waals surface area contributed by atoms with Crippen molar-refractivity contribution in [2.75, 3.05) is 19.6 Å². The van der Waals surface area contributed by atoms with Crippen LogP contribution in [0.15, 0.2) is 78.9 Å². The average molecular weight is 428 g/mol. The van der Waals surface area contributed by atoms with Crippen molar-refractivity contribution in [2.24, 2.45) is 11.8 Å². The Bertz CT molecular complexity index is 1080. The number of carbonyl (C=O) groups excluding carboxylic acids is 1. The molecule has 4 heteroatoms. The Morgan fingerprint density at radius 1 is 0.875 bits per heavy atom. The van der Waals surface area contributed by atoms with Crippen LogP contribution in [0.2, 0.25) is 0 Å². The van der Waals surface area contributed by atoms with Gasteiger partial charge in [0.2, 0.25) is 0 Å². The van der Waals surface area contributed by atoms with Gasteiger partial charge in [-0.15, -0.1) is 0 Å². The number of ketones is 1. The Kier molecular flexibility index (Phi) is 5.58. The topological polar surface area (TPSA) is 60.8 Å². The summed E-state index contributed by atoms with van der Waals surface area (Å²) < 4.78 is 0. The van der Waals surface area contributed by atoms with E-state index in [2.05, 4.69) is 17.0 Å². The van der Waals surface area contributed by atoms with Gasteiger partial charge in [-0.3, -0.25) is 9.69 Å². The van der Waals surface area contributed by atoms with E-state index in [1.165, 1.54) is 5.56 Å². The van der Waals surface area contributed by atoms with Crippen LogP contribution in [0.25, 0.3) is 11.1 Å². The van der Waals surface area contributed by atoms with Crippen molar-refractivity contribution < 1.29 is 15.0 Å². The highest BCUT2D eigenvalue weighted by atomic mass is 16.3. The monoisotopic (exact) mass is 427 g/mol. The number of phenols is 1. The zero-order valence-electron chi connectivity index (χ0n) is 18.2. The van der Waals surface area contributed by atoms with Gasteiger partial charge in [-0.1, -0.05) is 60.7 Å². The lowest BCUT2D eigenvalue weighted by Gasteiger charge is -2.26. The van der Waals surface area contributed by atoms with Crippen molar-refractivity contribution in [1.29, 1.82) is 0 Å². The average Bonchev–Trinajstić information content (AvgIpc) is 3.28. The summed E-state index contributed by atoms with van der Waals surface area (Å²) in [5.74, 6) is 1.28. The molecule has 3 atom stereocenters. The number of hydrogen-bond acceptors (Lipinski definition) is 4. The van der Waals surface area contributed by atoms with E-state index in [0.29, 0.717) is 30.4 Å². The number of carbonyl (C=O) groups is 1. The SMILES string of the molecule is O=C(CN1C[C@@H]2C[C@](O)(Cc3ccccc3)C[C@@H]2C1)c1cccc(-c2ccc(O)cc2)c1. The van der Waals surface area contributed by atoms with E-state index in [1.807, 2.05) is 54.6 Å². The van der Waals surface area contributed by atoms with Gasteiger partial charge < -0.3 is 10.2 Å². The van der Waals surface area contributed by atoms with Gasteiger partial charge in [0.1, 0.15) is 5.75 Å². The Balaban J connectivity index is 1.20. The van der Waals surface area contributed by atoms with Crippen LogP contribution in [0.5, 0.6) is 5.75 Å². The molecular weight excluding hydrogens is 398 g/mol. The van der Waals surface area contributed by atoms with E-state index in [1.54, 1.807) is 12.1 Å². The summed E-state index contributed by atoms with van der Waals surface area (Å²) in [5.41, 5.74) is 3.24. The van der Waals surface area contributed by atoms with Crippen LogP contribution >= 0.6 is 0 Å². The molecule has 4 nitrogen and oxygen atoms in total. The van der Waals surface area contributed by atoms with Crippen LogP contribution < -0.4 is 0 Å². The number of hydrogen-bond donors (Lipinski definition) is 2. The Morgan fingerprint density at radius 2 is 1.56 bits per heavy atom. The first kappa shape index (κ1) is 20.9. The molecule has 0 bridgehead atoms. The molecule has 32 heavy (non-hydrogen) atoms. The van der Waals surface area contributed by atoms with E-state index >= 15 is 0 Å². The largest absolute Gasteiger partial charge is 0.508 e. The van der Waals surface area contributed by atoms with Crippen LogP contribution in [0.3, 0.4) is 0 Å². The summed E-state index contributed by atoms with van der Waals surface area (Å²) >= 11 is 0. The van der Waals surface area contributed by atoms with Gasteiger partial charge in [0.15, 0.2) is 5.78 Å². The van der Waals surface area contributed by atoms with Gasteiger partial charge in [-0.25, -0.2) is 0 Å². The normalized spacial score (nSPS) is 25.0. The highest BCUT2D eigenvalue weighted by Crippen LogP contribution is 2.45. The predicted molar refractivity (Wildman–Crippen MR) is 126 cm³/mol. The maximum Gasteiger partial charge on any atom is 0.176 e. The molecule has 2 fully saturated rings. The molecule has 1 aliphatic carbocycles. The summed E-state index contributed by atoms with van der Waals surface area (Å²) in [6, 6.07) is 25.0. The number of Topliss-reactive ketones (excluding diaryl/α,β-unsaturated/α-hetero) is 1. The van der Waals surface area contributed by atoms with Gasteiger partial charge in [-0.2, -0.15) is 0 Å². The second-order valence-corrected chi connectivity index (χ2v) is 9.56. The standard InChI is InChI=1S/C28H29NO3/c30-26-11-9-21(10-12-26)22-7-4-8-23(13-22)27(31)19-29-17-24-15-28(32,16-25(24)18-29)14-20-5-2-1-3-6-20/h1-13,24-25,30,32H,14-19H2/t24-,25+,28+. The number of phenolic OH excluding ortho intramolecular Hbond substituents is 1. The van der Waals surface area contributed by atoms with Crippen molar-refractivity contribution in [3.05, 3.63) is 90.0 Å². The molecule has 3 aromatic rings. The Morgan fingerprint density at radius 3 is 2.25 bits per heavy atom. The van der Waals surface area contributed by atoms with Crippen molar-refractivity contribution >= 4 is 5.78 Å². The zero-order chi connectivity index (χ0) is 22.1. The molecule has 2 N–H and O–H groups in total. The van der Waals surface area contributed by atoms with E-state index in [9.17, 15) is 15.0 Å². The molecule has 1 aliphatic heterocycles. The first-order valence-corrected chi connectivity index (χ1v) is 11.4. The number of fused-ring (bicyclic) bond motifs is 1. The molecule has 0 aromatic heterocycles. The lowest BCUT2D eigenvalue weighted by atomic mass is 9.91. The van der Waals surface area contributed by atoms with Crippen molar-refractivity contribution in [3.63, 3.8) is 0 Å². The summed E-state index contributed by atoms with van der Waals surface area (Å²) in [5, 5.41) is 20.7. The summed E-state index contributed by atoms with van der Waals surface area (Å²) in [6.07, 6.45) is 2.34. The number of rotatable bonds is 6. The van der Waals surface area contributed by atoms with E-state index in [4.69, 9.17) is 0 Å². The van der Waals surface area contributed by atoms with Crippen LogP contribution in [-0.4, -0.2) is 46.1 Å². The third-order valence-corrected chi connectivity index (χ3v) is 7.06. The lowest BCUT2D eigenvalue weighted by Crippen LogP contribution is -2.34. The minimum absolute atomic E-state index is 0.130. The maximum absolute atomic E-state index is 13.0. The molecule has 1 saturated carbocycles. The van der Waals surface area contributed by atoms with Crippen molar-refractivity contribution in [3.8, 4) is 16.9 Å². The highest BCUT2D eigenvalue weighted by molar-refractivity contribution is 5.98. The second kappa shape index (κ2) is 8.53. The van der Waals surface area contributed by atoms with Crippen LogP contribution in [0, 0.1) is 11.8 Å². The maximum atomic E-state index is 13.0. The highest BCUT2D eigenvalue weighted by Gasteiger charge is 2.48. The van der Waals surface area contributed by atoms with Gasteiger partial charge >= 0.3 is 0 Å². The third-order valence-electron chi connectivity index (χ3n) is 7.06. The quantitative estimate of drug-likeness (QED) is 0.567. The smallest absolute Gasteiger partial charge is 0.176 e. The molecule has 164 valence electrons. The minimum atomic E-state index is -0.620. The molecule has 3 aromatic carbocycles. The van der Waals surface area contributed by atoms with E-state index in [-0.39, 0.29) is 11.5 Å². The molecule has 0 amide bonds. The number of aliphatic hydroxyl groups is 1. The van der Waals surface area contributed by atoms with Gasteiger partial charge in [-0.05, 0) is 59.6 Å². The number of aromatic hydroxyl groups is 1. The van der Waals surface area contributed by atoms with Crippen molar-refractivity contribution in [1.82, 2.24) is 4.90 Å². The molecule has 0 unspecified atom stereocenters. The lowest BCUT2D eigenvalue weighted by molar-refractivity contribution is 0.0355. The zero-order valence-corrected chi connectivity index (χ0v) is 18.2. The summed E-state index contributed by atoms with van der Waals surface area (Å²) in [7, 11) is 0. The number of likely N-dealkylation sites (tertiary alicyclic amines) is 1. The first-order valence-electron chi connectivity index (χ1n) is 11.4. The van der Waals surface area contributed by atoms with E-state index < -0.39 is 5.60 Å². The fraction of sp³-hybridized carbons (Fsp3) is 0.321. The van der Waals surface area contributed by atoms with Gasteiger partial charge in [0, 0.05) is 25.1 Å². The molecule has 1 heterocycles. The summed E-state index contributed by atoms with van der Waals surface area (Å²) in [6.45, 7) is 2.18. The molecule has 5 rings (SSSR count). The van der Waals surface area contributed by atoms with Crippen molar-refractivity contribution in [2.45, 2.75) is 24.9 Å². The first-order chi connectivity index (χ1) is 15.5. The third kappa shape index (κ3) is 4.47. The molecular formula is C28H29NO3. The fourth-order valence-corrected chi connectivity index (χ4v) is 5.63. The van der Waals surface area contributed by atoms with Crippen LogP contribution in [-0.2, 0) is 6.42 Å². The second-order valence-electron chi connectivity index (χ2n) is 9.56. The molecule has 0 spiro atoms. The van der Waals surface area contributed by atoms with Crippen LogP contribution in [0.1, 0.15) is 28.8 Å². The molecule has 1 saturated heterocycles.